The number of fused-ring (bicyclic) bond motifs is 1. The molecule has 3 aromatic rings. The van der Waals surface area contributed by atoms with Crippen molar-refractivity contribution >= 4 is 34.5 Å². The molecule has 0 atom stereocenters. The molecule has 2 heterocycles. The van der Waals surface area contributed by atoms with Crippen LogP contribution in [0.15, 0.2) is 53.8 Å². The third-order valence-corrected chi connectivity index (χ3v) is 3.24. The Kier molecular flexibility index (Phi) is 3.39. The quantitative estimate of drug-likeness (QED) is 0.453. The number of hydrogen-bond donors (Lipinski definition) is 1. The summed E-state index contributed by atoms with van der Waals surface area (Å²) in [5.41, 5.74) is 5.10. The summed E-state index contributed by atoms with van der Waals surface area (Å²) >= 11 is 5.82. The second kappa shape index (κ2) is 5.35. The van der Waals surface area contributed by atoms with Crippen LogP contribution in [0.2, 0.25) is 5.15 Å². The molecule has 0 bridgehead atoms. The van der Waals surface area contributed by atoms with E-state index in [4.69, 9.17) is 11.6 Å². The van der Waals surface area contributed by atoms with E-state index in [1.54, 1.807) is 12.3 Å². The first-order valence-corrected chi connectivity index (χ1v) is 6.57. The van der Waals surface area contributed by atoms with Gasteiger partial charge in [-0.25, -0.2) is 4.98 Å². The van der Waals surface area contributed by atoms with Crippen molar-refractivity contribution in [3.05, 3.63) is 59.4 Å². The zero-order chi connectivity index (χ0) is 13.9. The fourth-order valence-corrected chi connectivity index (χ4v) is 2.28. The van der Waals surface area contributed by atoms with Crippen molar-refractivity contribution in [3.8, 4) is 0 Å². The standard InChI is InChI=1S/C15H13ClN4/c1-20-10-11(12-5-2-3-6-13(12)20)9-17-19-15-8-4-7-14(16)18-15/h2-10H,1H3,(H,18,19)/b17-9+. The second-order valence-corrected chi connectivity index (χ2v) is 4.82. The van der Waals surface area contributed by atoms with Gasteiger partial charge in [-0.2, -0.15) is 5.10 Å². The number of hydrazone groups is 1. The Morgan fingerprint density at radius 2 is 2.05 bits per heavy atom. The van der Waals surface area contributed by atoms with Crippen LogP contribution in [0.3, 0.4) is 0 Å². The lowest BCUT2D eigenvalue weighted by molar-refractivity contribution is 0.968. The molecule has 0 fully saturated rings. The molecule has 2 aromatic heterocycles. The van der Waals surface area contributed by atoms with Crippen LogP contribution < -0.4 is 5.43 Å². The lowest BCUT2D eigenvalue weighted by Gasteiger charge is -1.98. The molecule has 1 aromatic carbocycles. The van der Waals surface area contributed by atoms with Crippen LogP contribution in [-0.2, 0) is 7.05 Å². The highest BCUT2D eigenvalue weighted by molar-refractivity contribution is 6.29. The SMILES string of the molecule is Cn1cc(/C=N/Nc2cccc(Cl)n2)c2ccccc21. The summed E-state index contributed by atoms with van der Waals surface area (Å²) < 4.78 is 2.08. The molecule has 5 heteroatoms. The summed E-state index contributed by atoms with van der Waals surface area (Å²) in [7, 11) is 2.02. The van der Waals surface area contributed by atoms with Gasteiger partial charge in [0, 0.05) is 29.7 Å². The number of aryl methyl sites for hydroxylation is 1. The Morgan fingerprint density at radius 1 is 1.20 bits per heavy atom. The summed E-state index contributed by atoms with van der Waals surface area (Å²) in [6, 6.07) is 13.6. The Bertz CT molecular complexity index is 776. The average Bonchev–Trinajstić information content (AvgIpc) is 2.77. The summed E-state index contributed by atoms with van der Waals surface area (Å²) in [4.78, 5) is 4.11. The molecule has 0 radical (unpaired) electrons. The maximum absolute atomic E-state index is 5.82. The molecule has 0 saturated carbocycles. The molecule has 3 rings (SSSR count). The largest absolute Gasteiger partial charge is 0.350 e. The molecular formula is C15H13ClN4. The minimum atomic E-state index is 0.440. The fourth-order valence-electron chi connectivity index (χ4n) is 2.11. The first kappa shape index (κ1) is 12.7. The number of nitrogens with zero attached hydrogens (tertiary/aromatic N) is 3. The Labute approximate surface area is 121 Å². The van der Waals surface area contributed by atoms with Crippen molar-refractivity contribution in [2.45, 2.75) is 0 Å². The molecule has 0 spiro atoms. The van der Waals surface area contributed by atoms with Gasteiger partial charge in [0.25, 0.3) is 0 Å². The number of rotatable bonds is 3. The third-order valence-electron chi connectivity index (χ3n) is 3.03. The molecule has 4 nitrogen and oxygen atoms in total. The van der Waals surface area contributed by atoms with E-state index in [1.165, 1.54) is 10.9 Å². The van der Waals surface area contributed by atoms with Crippen molar-refractivity contribution in [2.75, 3.05) is 5.43 Å². The number of para-hydroxylation sites is 1. The van der Waals surface area contributed by atoms with Crippen LogP contribution in [0, 0.1) is 0 Å². The molecule has 0 saturated heterocycles. The van der Waals surface area contributed by atoms with Crippen LogP contribution in [0.1, 0.15) is 5.56 Å². The minimum absolute atomic E-state index is 0.440. The van der Waals surface area contributed by atoms with E-state index in [0.29, 0.717) is 11.0 Å². The van der Waals surface area contributed by atoms with E-state index in [1.807, 2.05) is 37.5 Å². The number of aromatic nitrogens is 2. The molecule has 1 N–H and O–H groups in total. The summed E-state index contributed by atoms with van der Waals surface area (Å²) in [5, 5.41) is 5.81. The van der Waals surface area contributed by atoms with Gasteiger partial charge in [0.2, 0.25) is 0 Å². The highest BCUT2D eigenvalue weighted by Crippen LogP contribution is 2.18. The predicted octanol–water partition coefficient (Wildman–Crippen LogP) is 3.67. The summed E-state index contributed by atoms with van der Waals surface area (Å²) in [5.74, 6) is 0.619. The van der Waals surface area contributed by atoms with E-state index in [9.17, 15) is 0 Å². The van der Waals surface area contributed by atoms with E-state index in [0.717, 1.165) is 5.56 Å². The number of nitrogens with one attached hydrogen (secondary N) is 1. The number of hydrogen-bond acceptors (Lipinski definition) is 3. The first-order valence-electron chi connectivity index (χ1n) is 6.20. The van der Waals surface area contributed by atoms with Gasteiger partial charge in [0.05, 0.1) is 6.21 Å². The number of halogens is 1. The van der Waals surface area contributed by atoms with Crippen molar-refractivity contribution in [1.82, 2.24) is 9.55 Å². The van der Waals surface area contributed by atoms with Gasteiger partial charge in [-0.3, -0.25) is 5.43 Å². The third kappa shape index (κ3) is 2.51. The maximum Gasteiger partial charge on any atom is 0.147 e. The van der Waals surface area contributed by atoms with E-state index in [-0.39, 0.29) is 0 Å². The van der Waals surface area contributed by atoms with E-state index >= 15 is 0 Å². The number of benzene rings is 1. The fraction of sp³-hybridized carbons (Fsp3) is 0.0667. The monoisotopic (exact) mass is 284 g/mol. The summed E-state index contributed by atoms with van der Waals surface area (Å²) in [6.07, 6.45) is 3.83. The van der Waals surface area contributed by atoms with E-state index in [2.05, 4.69) is 32.2 Å². The van der Waals surface area contributed by atoms with Gasteiger partial charge in [0.15, 0.2) is 0 Å². The Hall–Kier alpha value is -2.33. The highest BCUT2D eigenvalue weighted by Gasteiger charge is 2.03. The van der Waals surface area contributed by atoms with Gasteiger partial charge in [-0.15, -0.1) is 0 Å². The van der Waals surface area contributed by atoms with Gasteiger partial charge in [-0.1, -0.05) is 35.9 Å². The minimum Gasteiger partial charge on any atom is -0.350 e. The van der Waals surface area contributed by atoms with Crippen molar-refractivity contribution in [2.24, 2.45) is 12.1 Å². The maximum atomic E-state index is 5.82. The highest BCUT2D eigenvalue weighted by atomic mass is 35.5. The van der Waals surface area contributed by atoms with E-state index < -0.39 is 0 Å². The van der Waals surface area contributed by atoms with Crippen molar-refractivity contribution < 1.29 is 0 Å². The lowest BCUT2D eigenvalue weighted by atomic mass is 10.2. The zero-order valence-corrected chi connectivity index (χ0v) is 11.7. The van der Waals surface area contributed by atoms with Crippen LogP contribution in [0.5, 0.6) is 0 Å². The molecule has 0 unspecified atom stereocenters. The van der Waals surface area contributed by atoms with Crippen LogP contribution in [0.4, 0.5) is 5.82 Å². The Morgan fingerprint density at radius 3 is 2.90 bits per heavy atom. The van der Waals surface area contributed by atoms with Gasteiger partial charge in [-0.05, 0) is 18.2 Å². The summed E-state index contributed by atoms with van der Waals surface area (Å²) in [6.45, 7) is 0. The molecule has 20 heavy (non-hydrogen) atoms. The Balaban J connectivity index is 1.84. The molecule has 0 aliphatic rings. The molecular weight excluding hydrogens is 272 g/mol. The second-order valence-electron chi connectivity index (χ2n) is 4.43. The normalized spacial score (nSPS) is 11.3. The van der Waals surface area contributed by atoms with Gasteiger partial charge in [0.1, 0.15) is 11.0 Å². The van der Waals surface area contributed by atoms with Crippen LogP contribution >= 0.6 is 11.6 Å². The zero-order valence-electron chi connectivity index (χ0n) is 10.9. The van der Waals surface area contributed by atoms with Gasteiger partial charge >= 0.3 is 0 Å². The molecule has 0 amide bonds. The smallest absolute Gasteiger partial charge is 0.147 e. The first-order chi connectivity index (χ1) is 9.74. The van der Waals surface area contributed by atoms with Crippen molar-refractivity contribution in [3.63, 3.8) is 0 Å². The van der Waals surface area contributed by atoms with Crippen LogP contribution in [0.25, 0.3) is 10.9 Å². The molecule has 0 aliphatic heterocycles. The predicted molar refractivity (Wildman–Crippen MR) is 83.4 cm³/mol. The molecule has 100 valence electrons. The topological polar surface area (TPSA) is 42.2 Å². The lowest BCUT2D eigenvalue weighted by Crippen LogP contribution is -1.92. The van der Waals surface area contributed by atoms with Crippen molar-refractivity contribution in [1.29, 1.82) is 0 Å². The molecule has 0 aliphatic carbocycles. The number of anilines is 1. The average molecular weight is 285 g/mol. The number of pyridine rings is 1. The van der Waals surface area contributed by atoms with Crippen LogP contribution in [-0.4, -0.2) is 15.8 Å². The van der Waals surface area contributed by atoms with Gasteiger partial charge < -0.3 is 4.57 Å².